The van der Waals surface area contributed by atoms with Gasteiger partial charge in [-0.2, -0.15) is 5.10 Å². The number of carboxylic acid groups (broad SMARTS) is 1. The maximum Gasteiger partial charge on any atom is 0.339 e. The molecule has 0 saturated carbocycles. The SMILES string of the molecule is CCOc1ccccc1-c1nn(C(C)C)cc1C(=O)O. The molecule has 0 amide bonds. The van der Waals surface area contributed by atoms with Crippen LogP contribution in [0.25, 0.3) is 11.3 Å². The normalized spacial score (nSPS) is 10.8. The maximum atomic E-state index is 11.4. The molecular weight excluding hydrogens is 256 g/mol. The smallest absolute Gasteiger partial charge is 0.339 e. The van der Waals surface area contributed by atoms with Crippen molar-refractivity contribution in [3.05, 3.63) is 36.0 Å². The molecule has 0 saturated heterocycles. The second-order valence-electron chi connectivity index (χ2n) is 4.70. The van der Waals surface area contributed by atoms with Crippen molar-refractivity contribution in [2.75, 3.05) is 6.61 Å². The van der Waals surface area contributed by atoms with Gasteiger partial charge in [0.2, 0.25) is 0 Å². The van der Waals surface area contributed by atoms with Crippen molar-refractivity contribution in [2.45, 2.75) is 26.8 Å². The molecule has 0 unspecified atom stereocenters. The van der Waals surface area contributed by atoms with Gasteiger partial charge in [0.25, 0.3) is 0 Å². The van der Waals surface area contributed by atoms with Gasteiger partial charge in [0, 0.05) is 17.8 Å². The molecule has 2 aromatic rings. The second-order valence-corrected chi connectivity index (χ2v) is 4.70. The predicted octanol–water partition coefficient (Wildman–Crippen LogP) is 3.23. The molecule has 0 spiro atoms. The molecule has 0 aliphatic carbocycles. The van der Waals surface area contributed by atoms with Crippen molar-refractivity contribution in [3.63, 3.8) is 0 Å². The van der Waals surface area contributed by atoms with E-state index in [1.54, 1.807) is 10.9 Å². The molecule has 0 fully saturated rings. The molecule has 1 N–H and O–H groups in total. The third-order valence-corrected chi connectivity index (χ3v) is 2.93. The van der Waals surface area contributed by atoms with Gasteiger partial charge in [-0.1, -0.05) is 12.1 Å². The molecule has 0 bridgehead atoms. The van der Waals surface area contributed by atoms with Crippen LogP contribution in [0.3, 0.4) is 0 Å². The van der Waals surface area contributed by atoms with E-state index < -0.39 is 5.97 Å². The number of ether oxygens (including phenoxy) is 1. The quantitative estimate of drug-likeness (QED) is 0.909. The lowest BCUT2D eigenvalue weighted by molar-refractivity contribution is 0.0697. The fraction of sp³-hybridized carbons (Fsp3) is 0.333. The number of hydrogen-bond acceptors (Lipinski definition) is 3. The second kappa shape index (κ2) is 5.77. The lowest BCUT2D eigenvalue weighted by Crippen LogP contribution is -2.01. The van der Waals surface area contributed by atoms with Gasteiger partial charge in [-0.05, 0) is 32.9 Å². The van der Waals surface area contributed by atoms with E-state index in [0.717, 1.165) is 0 Å². The van der Waals surface area contributed by atoms with Gasteiger partial charge in [-0.3, -0.25) is 4.68 Å². The molecule has 20 heavy (non-hydrogen) atoms. The van der Waals surface area contributed by atoms with E-state index >= 15 is 0 Å². The summed E-state index contributed by atoms with van der Waals surface area (Å²) in [6.07, 6.45) is 1.56. The van der Waals surface area contributed by atoms with Crippen LogP contribution < -0.4 is 4.74 Å². The monoisotopic (exact) mass is 274 g/mol. The highest BCUT2D eigenvalue weighted by molar-refractivity contribution is 5.95. The number of aromatic nitrogens is 2. The molecular formula is C15H18N2O3. The minimum absolute atomic E-state index is 0.0982. The first-order chi connectivity index (χ1) is 9.54. The van der Waals surface area contributed by atoms with Gasteiger partial charge in [-0.15, -0.1) is 0 Å². The zero-order chi connectivity index (χ0) is 14.7. The number of rotatable bonds is 5. The summed E-state index contributed by atoms with van der Waals surface area (Å²) < 4.78 is 7.21. The van der Waals surface area contributed by atoms with Crippen LogP contribution in [-0.2, 0) is 0 Å². The molecule has 106 valence electrons. The number of hydrogen-bond donors (Lipinski definition) is 1. The molecule has 0 atom stereocenters. The summed E-state index contributed by atoms with van der Waals surface area (Å²) in [4.78, 5) is 11.4. The van der Waals surface area contributed by atoms with Crippen molar-refractivity contribution in [1.29, 1.82) is 0 Å². The molecule has 0 aliphatic heterocycles. The van der Waals surface area contributed by atoms with Gasteiger partial charge < -0.3 is 9.84 Å². The highest BCUT2D eigenvalue weighted by Gasteiger charge is 2.20. The van der Waals surface area contributed by atoms with Crippen molar-refractivity contribution in [2.24, 2.45) is 0 Å². The Morgan fingerprint density at radius 3 is 2.70 bits per heavy atom. The molecule has 5 heteroatoms. The first kappa shape index (κ1) is 14.1. The highest BCUT2D eigenvalue weighted by atomic mass is 16.5. The van der Waals surface area contributed by atoms with Crippen LogP contribution >= 0.6 is 0 Å². The Labute approximate surface area is 117 Å². The average molecular weight is 274 g/mol. The van der Waals surface area contributed by atoms with Crippen LogP contribution in [0.15, 0.2) is 30.5 Å². The molecule has 1 heterocycles. The molecule has 5 nitrogen and oxygen atoms in total. The van der Waals surface area contributed by atoms with E-state index in [0.29, 0.717) is 23.6 Å². The van der Waals surface area contributed by atoms with Crippen molar-refractivity contribution in [1.82, 2.24) is 9.78 Å². The summed E-state index contributed by atoms with van der Waals surface area (Å²) in [5.74, 6) is -0.343. The van der Waals surface area contributed by atoms with E-state index in [1.165, 1.54) is 0 Å². The first-order valence-electron chi connectivity index (χ1n) is 6.59. The van der Waals surface area contributed by atoms with Crippen molar-refractivity contribution < 1.29 is 14.6 Å². The summed E-state index contributed by atoms with van der Waals surface area (Å²) in [5, 5.41) is 13.7. The number of carboxylic acids is 1. The zero-order valence-electron chi connectivity index (χ0n) is 11.8. The summed E-state index contributed by atoms with van der Waals surface area (Å²) in [6.45, 7) is 6.32. The van der Waals surface area contributed by atoms with Crippen molar-refractivity contribution >= 4 is 5.97 Å². The van der Waals surface area contributed by atoms with Gasteiger partial charge in [0.05, 0.1) is 6.61 Å². The fourth-order valence-electron chi connectivity index (χ4n) is 1.96. The van der Waals surface area contributed by atoms with Crippen LogP contribution in [0.5, 0.6) is 5.75 Å². The van der Waals surface area contributed by atoms with Gasteiger partial charge in [0.15, 0.2) is 0 Å². The van der Waals surface area contributed by atoms with Gasteiger partial charge in [0.1, 0.15) is 17.0 Å². The summed E-state index contributed by atoms with van der Waals surface area (Å²) in [7, 11) is 0. The lowest BCUT2D eigenvalue weighted by atomic mass is 10.1. The van der Waals surface area contributed by atoms with Crippen LogP contribution in [0.1, 0.15) is 37.2 Å². The Kier molecular flexibility index (Phi) is 4.08. The minimum atomic E-state index is -0.988. The number of carbonyl (C=O) groups is 1. The van der Waals surface area contributed by atoms with Gasteiger partial charge in [-0.25, -0.2) is 4.79 Å². The highest BCUT2D eigenvalue weighted by Crippen LogP contribution is 2.31. The first-order valence-corrected chi connectivity index (χ1v) is 6.59. The van der Waals surface area contributed by atoms with Crippen LogP contribution in [0.2, 0.25) is 0 Å². The van der Waals surface area contributed by atoms with Gasteiger partial charge >= 0.3 is 5.97 Å². The molecule has 0 aliphatic rings. The Balaban J connectivity index is 2.59. The molecule has 0 radical (unpaired) electrons. The Bertz CT molecular complexity index is 617. The number of nitrogens with zero attached hydrogens (tertiary/aromatic N) is 2. The van der Waals surface area contributed by atoms with Crippen LogP contribution in [-0.4, -0.2) is 27.5 Å². The Hall–Kier alpha value is -2.30. The summed E-state index contributed by atoms with van der Waals surface area (Å²) >= 11 is 0. The summed E-state index contributed by atoms with van der Waals surface area (Å²) in [6, 6.07) is 7.44. The topological polar surface area (TPSA) is 64.4 Å². The standard InChI is InChI=1S/C15H18N2O3/c1-4-20-13-8-6-5-7-11(13)14-12(15(18)19)9-17(16-14)10(2)3/h5-10H,4H2,1-3H3,(H,18,19). The summed E-state index contributed by atoms with van der Waals surface area (Å²) in [5.41, 5.74) is 1.33. The van der Waals surface area contributed by atoms with E-state index in [9.17, 15) is 9.90 Å². The van der Waals surface area contributed by atoms with Crippen LogP contribution in [0.4, 0.5) is 0 Å². The van der Waals surface area contributed by atoms with E-state index in [-0.39, 0.29) is 11.6 Å². The largest absolute Gasteiger partial charge is 0.493 e. The molecule has 1 aromatic carbocycles. The number of benzene rings is 1. The van der Waals surface area contributed by atoms with E-state index in [1.807, 2.05) is 45.0 Å². The third-order valence-electron chi connectivity index (χ3n) is 2.93. The van der Waals surface area contributed by atoms with E-state index in [2.05, 4.69) is 5.10 Å². The molecule has 1 aromatic heterocycles. The third kappa shape index (κ3) is 2.66. The fourth-order valence-corrected chi connectivity index (χ4v) is 1.96. The number of aromatic carboxylic acids is 1. The minimum Gasteiger partial charge on any atom is -0.493 e. The maximum absolute atomic E-state index is 11.4. The Morgan fingerprint density at radius 1 is 1.40 bits per heavy atom. The van der Waals surface area contributed by atoms with Crippen LogP contribution in [0, 0.1) is 0 Å². The molecule has 2 rings (SSSR count). The lowest BCUT2D eigenvalue weighted by Gasteiger charge is -2.09. The zero-order valence-corrected chi connectivity index (χ0v) is 11.8. The average Bonchev–Trinajstić information content (AvgIpc) is 2.85. The number of para-hydroxylation sites is 1. The Morgan fingerprint density at radius 2 is 2.10 bits per heavy atom. The predicted molar refractivity (Wildman–Crippen MR) is 76.2 cm³/mol. The van der Waals surface area contributed by atoms with Crippen molar-refractivity contribution in [3.8, 4) is 17.0 Å². The van der Waals surface area contributed by atoms with E-state index in [4.69, 9.17) is 4.74 Å².